The third-order valence-corrected chi connectivity index (χ3v) is 2.60. The quantitative estimate of drug-likeness (QED) is 0.623. The van der Waals surface area contributed by atoms with Crippen molar-refractivity contribution in [3.8, 4) is 0 Å². The molecular weight excluding hydrogens is 186 g/mol. The summed E-state index contributed by atoms with van der Waals surface area (Å²) < 4.78 is 26.6. The summed E-state index contributed by atoms with van der Waals surface area (Å²) in [5.41, 5.74) is 0.896. The highest BCUT2D eigenvalue weighted by Gasteiger charge is 2.24. The molecule has 0 spiro atoms. The standard InChI is InChI=1S/C11H10F2O/c1-6-5-7-3-2-4-8(14)9(7)11(13)10(6)12/h5H,2-4H2,1H3. The lowest BCUT2D eigenvalue weighted by Gasteiger charge is -2.16. The smallest absolute Gasteiger partial charge is 0.170 e. The number of hydrogen-bond acceptors (Lipinski definition) is 1. The van der Waals surface area contributed by atoms with Crippen LogP contribution in [0.15, 0.2) is 6.07 Å². The Morgan fingerprint density at radius 1 is 1.21 bits per heavy atom. The van der Waals surface area contributed by atoms with Gasteiger partial charge in [0.2, 0.25) is 0 Å². The summed E-state index contributed by atoms with van der Waals surface area (Å²) >= 11 is 0. The van der Waals surface area contributed by atoms with Gasteiger partial charge in [0.25, 0.3) is 0 Å². The van der Waals surface area contributed by atoms with Crippen molar-refractivity contribution in [2.24, 2.45) is 0 Å². The normalized spacial score (nSPS) is 15.5. The van der Waals surface area contributed by atoms with E-state index in [4.69, 9.17) is 0 Å². The molecule has 0 aliphatic heterocycles. The molecule has 14 heavy (non-hydrogen) atoms. The lowest BCUT2D eigenvalue weighted by Crippen LogP contribution is -2.15. The Hall–Kier alpha value is -1.25. The average molecular weight is 196 g/mol. The van der Waals surface area contributed by atoms with E-state index in [-0.39, 0.29) is 16.9 Å². The van der Waals surface area contributed by atoms with Crippen molar-refractivity contribution in [3.63, 3.8) is 0 Å². The van der Waals surface area contributed by atoms with Gasteiger partial charge in [-0.3, -0.25) is 4.79 Å². The molecule has 74 valence electrons. The second-order valence-electron chi connectivity index (χ2n) is 3.63. The maximum absolute atomic E-state index is 13.4. The van der Waals surface area contributed by atoms with Crippen molar-refractivity contribution < 1.29 is 13.6 Å². The molecule has 0 aromatic heterocycles. The van der Waals surface area contributed by atoms with Crippen LogP contribution in [0.5, 0.6) is 0 Å². The summed E-state index contributed by atoms with van der Waals surface area (Å²) in [6, 6.07) is 1.57. The largest absolute Gasteiger partial charge is 0.294 e. The Labute approximate surface area is 80.7 Å². The second kappa shape index (κ2) is 3.15. The van der Waals surface area contributed by atoms with E-state index in [0.29, 0.717) is 18.4 Å². The molecule has 0 heterocycles. The summed E-state index contributed by atoms with van der Waals surface area (Å²) in [4.78, 5) is 11.4. The minimum Gasteiger partial charge on any atom is -0.294 e. The van der Waals surface area contributed by atoms with Gasteiger partial charge in [-0.15, -0.1) is 0 Å². The molecular formula is C11H10F2O. The van der Waals surface area contributed by atoms with Crippen LogP contribution in [0.4, 0.5) is 8.78 Å². The molecule has 0 saturated carbocycles. The summed E-state index contributed by atoms with van der Waals surface area (Å²) in [6.07, 6.45) is 1.72. The molecule has 0 saturated heterocycles. The van der Waals surface area contributed by atoms with Crippen molar-refractivity contribution in [1.29, 1.82) is 0 Å². The number of halogens is 2. The highest BCUT2D eigenvalue weighted by atomic mass is 19.2. The third-order valence-electron chi connectivity index (χ3n) is 2.60. The fourth-order valence-corrected chi connectivity index (χ4v) is 1.88. The van der Waals surface area contributed by atoms with Crippen molar-refractivity contribution >= 4 is 5.78 Å². The van der Waals surface area contributed by atoms with E-state index in [1.807, 2.05) is 0 Å². The molecule has 1 aliphatic carbocycles. The average Bonchev–Trinajstić information content (AvgIpc) is 2.14. The van der Waals surface area contributed by atoms with Crippen LogP contribution in [-0.2, 0) is 6.42 Å². The number of hydrogen-bond donors (Lipinski definition) is 0. The molecule has 2 rings (SSSR count). The summed E-state index contributed by atoms with van der Waals surface area (Å²) in [7, 11) is 0. The molecule has 0 fully saturated rings. The molecule has 1 aromatic carbocycles. The Bertz CT molecular complexity index is 410. The van der Waals surface area contributed by atoms with Crippen LogP contribution in [0, 0.1) is 18.6 Å². The first kappa shape index (κ1) is 9.31. The van der Waals surface area contributed by atoms with Crippen molar-refractivity contribution in [2.75, 3.05) is 0 Å². The second-order valence-corrected chi connectivity index (χ2v) is 3.63. The Morgan fingerprint density at radius 2 is 1.93 bits per heavy atom. The van der Waals surface area contributed by atoms with E-state index in [9.17, 15) is 13.6 Å². The number of carbonyl (C=O) groups is 1. The molecule has 1 aliphatic rings. The minimum atomic E-state index is -0.968. The van der Waals surface area contributed by atoms with Gasteiger partial charge in [0.05, 0.1) is 5.56 Å². The number of carbonyl (C=O) groups excluding carboxylic acids is 1. The zero-order valence-corrected chi connectivity index (χ0v) is 7.86. The van der Waals surface area contributed by atoms with Crippen LogP contribution in [0.1, 0.15) is 34.3 Å². The van der Waals surface area contributed by atoms with Gasteiger partial charge in [0, 0.05) is 6.42 Å². The highest BCUT2D eigenvalue weighted by Crippen LogP contribution is 2.27. The van der Waals surface area contributed by atoms with E-state index in [2.05, 4.69) is 0 Å². The van der Waals surface area contributed by atoms with E-state index in [1.165, 1.54) is 6.92 Å². The number of Topliss-reactive ketones (excluding diaryl/α,β-unsaturated/α-hetero) is 1. The molecule has 0 atom stereocenters. The zero-order valence-electron chi connectivity index (χ0n) is 7.86. The van der Waals surface area contributed by atoms with Crippen LogP contribution < -0.4 is 0 Å². The van der Waals surface area contributed by atoms with E-state index < -0.39 is 11.6 Å². The maximum atomic E-state index is 13.4. The first-order chi connectivity index (χ1) is 6.61. The predicted octanol–water partition coefficient (Wildman–Crippen LogP) is 2.79. The topological polar surface area (TPSA) is 17.1 Å². The fraction of sp³-hybridized carbons (Fsp3) is 0.364. The highest BCUT2D eigenvalue weighted by molar-refractivity contribution is 5.98. The molecule has 1 aromatic rings. The first-order valence-electron chi connectivity index (χ1n) is 4.62. The Kier molecular flexibility index (Phi) is 2.10. The van der Waals surface area contributed by atoms with Crippen molar-refractivity contribution in [2.45, 2.75) is 26.2 Å². The van der Waals surface area contributed by atoms with Crippen molar-refractivity contribution in [3.05, 3.63) is 34.4 Å². The molecule has 3 heteroatoms. The Balaban J connectivity index is 2.70. The van der Waals surface area contributed by atoms with Crippen LogP contribution in [0.3, 0.4) is 0 Å². The number of aryl methyl sites for hydroxylation is 2. The van der Waals surface area contributed by atoms with E-state index >= 15 is 0 Å². The SMILES string of the molecule is Cc1cc2c(c(F)c1F)C(=O)CCC2. The summed E-state index contributed by atoms with van der Waals surface area (Å²) in [5, 5.41) is 0. The van der Waals surface area contributed by atoms with Crippen LogP contribution in [-0.4, -0.2) is 5.78 Å². The van der Waals surface area contributed by atoms with Crippen LogP contribution >= 0.6 is 0 Å². The zero-order chi connectivity index (χ0) is 10.3. The van der Waals surface area contributed by atoms with E-state index in [0.717, 1.165) is 6.42 Å². The number of benzene rings is 1. The fourth-order valence-electron chi connectivity index (χ4n) is 1.88. The van der Waals surface area contributed by atoms with Crippen LogP contribution in [0.2, 0.25) is 0 Å². The maximum Gasteiger partial charge on any atom is 0.170 e. The van der Waals surface area contributed by atoms with Crippen molar-refractivity contribution in [1.82, 2.24) is 0 Å². The summed E-state index contributed by atoms with van der Waals surface area (Å²) in [6.45, 7) is 1.51. The lowest BCUT2D eigenvalue weighted by molar-refractivity contribution is 0.0967. The molecule has 0 amide bonds. The van der Waals surface area contributed by atoms with Gasteiger partial charge in [-0.1, -0.05) is 6.07 Å². The summed E-state index contributed by atoms with van der Waals surface area (Å²) in [5.74, 6) is -2.13. The Morgan fingerprint density at radius 3 is 2.64 bits per heavy atom. The lowest BCUT2D eigenvalue weighted by atomic mass is 9.89. The van der Waals surface area contributed by atoms with Crippen LogP contribution in [0.25, 0.3) is 0 Å². The molecule has 0 bridgehead atoms. The molecule has 0 N–H and O–H groups in total. The number of fused-ring (bicyclic) bond motifs is 1. The van der Waals surface area contributed by atoms with Gasteiger partial charge in [-0.2, -0.15) is 0 Å². The van der Waals surface area contributed by atoms with Gasteiger partial charge in [-0.25, -0.2) is 8.78 Å². The first-order valence-corrected chi connectivity index (χ1v) is 4.62. The van der Waals surface area contributed by atoms with Gasteiger partial charge in [0.1, 0.15) is 0 Å². The van der Waals surface area contributed by atoms with E-state index in [1.54, 1.807) is 6.07 Å². The molecule has 1 nitrogen and oxygen atoms in total. The predicted molar refractivity (Wildman–Crippen MR) is 48.4 cm³/mol. The van der Waals surface area contributed by atoms with Gasteiger partial charge in [-0.05, 0) is 30.9 Å². The third kappa shape index (κ3) is 1.24. The number of ketones is 1. The monoisotopic (exact) mass is 196 g/mol. The molecule has 0 radical (unpaired) electrons. The number of rotatable bonds is 0. The van der Waals surface area contributed by atoms with Gasteiger partial charge in [0.15, 0.2) is 17.4 Å². The van der Waals surface area contributed by atoms with Gasteiger partial charge < -0.3 is 0 Å². The van der Waals surface area contributed by atoms with Gasteiger partial charge >= 0.3 is 0 Å². The molecule has 0 unspecified atom stereocenters. The minimum absolute atomic E-state index is 0.0284.